The zero-order valence-corrected chi connectivity index (χ0v) is 11.8. The minimum absolute atomic E-state index is 0.291. The number of amides is 1. The van der Waals surface area contributed by atoms with Crippen molar-refractivity contribution >= 4 is 22.2 Å². The van der Waals surface area contributed by atoms with Gasteiger partial charge in [0.2, 0.25) is 10.9 Å². The average molecular weight is 279 g/mol. The molecule has 0 aliphatic carbocycles. The summed E-state index contributed by atoms with van der Waals surface area (Å²) >= 11 is 1.61. The number of hydrogen-bond donors (Lipinski definition) is 0. The third-order valence-electron chi connectivity index (χ3n) is 3.56. The Kier molecular flexibility index (Phi) is 3.46. The Labute approximate surface area is 115 Å². The van der Waals surface area contributed by atoms with Gasteiger partial charge in [0.25, 0.3) is 0 Å². The van der Waals surface area contributed by atoms with Gasteiger partial charge in [-0.05, 0) is 19.3 Å². The van der Waals surface area contributed by atoms with Crippen LogP contribution in [-0.2, 0) is 4.79 Å². The topological polar surface area (TPSA) is 63.4 Å². The molecule has 1 fully saturated rings. The molecule has 0 unspecified atom stereocenters. The zero-order valence-electron chi connectivity index (χ0n) is 10.9. The summed E-state index contributed by atoms with van der Waals surface area (Å²) in [7, 11) is 0. The molecule has 1 amide bonds. The van der Waals surface area contributed by atoms with Crippen LogP contribution in [0.1, 0.15) is 43.5 Å². The number of carbonyl (C=O) groups is 1. The number of likely N-dealkylation sites (tertiary alicyclic amines) is 1. The van der Waals surface area contributed by atoms with Crippen molar-refractivity contribution in [3.8, 4) is 0 Å². The van der Waals surface area contributed by atoms with Crippen LogP contribution in [0, 0.1) is 0 Å². The summed E-state index contributed by atoms with van der Waals surface area (Å²) in [5.41, 5.74) is 0. The molecular weight excluding hydrogens is 262 g/mol. The highest BCUT2D eigenvalue weighted by molar-refractivity contribution is 7.16. The van der Waals surface area contributed by atoms with Crippen molar-refractivity contribution in [1.29, 1.82) is 0 Å². The van der Waals surface area contributed by atoms with Crippen molar-refractivity contribution in [2.75, 3.05) is 13.1 Å². The second kappa shape index (κ2) is 5.24. The Morgan fingerprint density at radius 2 is 2.26 bits per heavy atom. The van der Waals surface area contributed by atoms with Crippen molar-refractivity contribution in [3.05, 3.63) is 11.3 Å². The van der Waals surface area contributed by atoms with Crippen molar-refractivity contribution in [2.45, 2.75) is 38.5 Å². The van der Waals surface area contributed by atoms with Gasteiger partial charge in [0.15, 0.2) is 0 Å². The highest BCUT2D eigenvalue weighted by Gasteiger charge is 2.25. The highest BCUT2D eigenvalue weighted by Crippen LogP contribution is 2.30. The lowest BCUT2D eigenvalue weighted by atomic mass is 9.97. The van der Waals surface area contributed by atoms with E-state index in [-0.39, 0.29) is 0 Å². The molecular formula is C12H17N5OS. The standard InChI is InChI=1S/C12H17N5OS/c1-2-3-10(18)16-6-4-9(5-7-16)11-15-17-8-13-14-12(17)19-11/h8-9H,2-7H2,1H3. The SMILES string of the molecule is CCCC(=O)N1CCC(c2nn3cnnc3s2)CC1. The van der Waals surface area contributed by atoms with Gasteiger partial charge in [-0.25, -0.2) is 0 Å². The number of aromatic nitrogens is 4. The van der Waals surface area contributed by atoms with Crippen LogP contribution in [0.4, 0.5) is 0 Å². The molecule has 3 heterocycles. The normalized spacial score (nSPS) is 17.2. The average Bonchev–Trinajstić information content (AvgIpc) is 3.00. The van der Waals surface area contributed by atoms with Crippen molar-refractivity contribution in [1.82, 2.24) is 24.7 Å². The lowest BCUT2D eigenvalue weighted by Crippen LogP contribution is -2.37. The Balaban J connectivity index is 1.63. The number of nitrogens with zero attached hydrogens (tertiary/aromatic N) is 5. The number of fused-ring (bicyclic) bond motifs is 1. The minimum Gasteiger partial charge on any atom is -0.343 e. The van der Waals surface area contributed by atoms with Crippen LogP contribution in [0.15, 0.2) is 6.33 Å². The van der Waals surface area contributed by atoms with Crippen molar-refractivity contribution in [2.24, 2.45) is 0 Å². The van der Waals surface area contributed by atoms with Crippen LogP contribution in [0.3, 0.4) is 0 Å². The summed E-state index contributed by atoms with van der Waals surface area (Å²) in [6, 6.07) is 0. The van der Waals surface area contributed by atoms with E-state index in [0.717, 1.165) is 42.3 Å². The molecule has 0 bridgehead atoms. The third kappa shape index (κ3) is 2.47. The number of rotatable bonds is 3. The van der Waals surface area contributed by atoms with Crippen LogP contribution in [-0.4, -0.2) is 43.7 Å². The summed E-state index contributed by atoms with van der Waals surface area (Å²) in [5.74, 6) is 0.747. The fraction of sp³-hybridized carbons (Fsp3) is 0.667. The Morgan fingerprint density at radius 1 is 1.47 bits per heavy atom. The predicted molar refractivity (Wildman–Crippen MR) is 72.1 cm³/mol. The van der Waals surface area contributed by atoms with Crippen molar-refractivity contribution < 1.29 is 4.79 Å². The molecule has 7 heteroatoms. The maximum atomic E-state index is 11.8. The summed E-state index contributed by atoms with van der Waals surface area (Å²) in [4.78, 5) is 14.7. The first-order valence-corrected chi connectivity index (χ1v) is 7.54. The molecule has 0 N–H and O–H groups in total. The predicted octanol–water partition coefficient (Wildman–Crippen LogP) is 1.69. The van der Waals surface area contributed by atoms with Crippen LogP contribution in [0.5, 0.6) is 0 Å². The molecule has 0 aromatic carbocycles. The van der Waals surface area contributed by atoms with Gasteiger partial charge in [0.05, 0.1) is 0 Å². The fourth-order valence-corrected chi connectivity index (χ4v) is 3.48. The Hall–Kier alpha value is -1.50. The number of carbonyl (C=O) groups excluding carboxylic acids is 1. The smallest absolute Gasteiger partial charge is 0.234 e. The summed E-state index contributed by atoms with van der Waals surface area (Å²) in [5, 5.41) is 13.4. The van der Waals surface area contributed by atoms with E-state index in [9.17, 15) is 4.79 Å². The van der Waals surface area contributed by atoms with E-state index < -0.39 is 0 Å². The van der Waals surface area contributed by atoms with E-state index in [1.54, 1.807) is 22.2 Å². The Bertz CT molecular complexity index is 541. The molecule has 1 aliphatic rings. The maximum absolute atomic E-state index is 11.8. The van der Waals surface area contributed by atoms with Crippen LogP contribution >= 0.6 is 11.3 Å². The summed E-state index contributed by atoms with van der Waals surface area (Å²) in [6.45, 7) is 3.75. The molecule has 102 valence electrons. The fourth-order valence-electron chi connectivity index (χ4n) is 2.49. The van der Waals surface area contributed by atoms with E-state index in [0.29, 0.717) is 18.2 Å². The molecule has 0 saturated carbocycles. The molecule has 6 nitrogen and oxygen atoms in total. The third-order valence-corrected chi connectivity index (χ3v) is 4.64. The van der Waals surface area contributed by atoms with E-state index in [2.05, 4.69) is 15.3 Å². The van der Waals surface area contributed by atoms with Gasteiger partial charge in [-0.2, -0.15) is 9.61 Å². The first-order valence-electron chi connectivity index (χ1n) is 6.72. The molecule has 3 rings (SSSR count). The van der Waals surface area contributed by atoms with Gasteiger partial charge in [0.1, 0.15) is 11.3 Å². The lowest BCUT2D eigenvalue weighted by Gasteiger charge is -2.30. The monoisotopic (exact) mass is 279 g/mol. The molecule has 0 atom stereocenters. The Morgan fingerprint density at radius 3 is 2.95 bits per heavy atom. The van der Waals surface area contributed by atoms with Gasteiger partial charge >= 0.3 is 0 Å². The van der Waals surface area contributed by atoms with Crippen LogP contribution in [0.25, 0.3) is 4.96 Å². The summed E-state index contributed by atoms with van der Waals surface area (Å²) in [6.07, 6.45) is 5.23. The van der Waals surface area contributed by atoms with Gasteiger partial charge < -0.3 is 4.90 Å². The van der Waals surface area contributed by atoms with Crippen molar-refractivity contribution in [3.63, 3.8) is 0 Å². The molecule has 1 aliphatic heterocycles. The molecule has 0 spiro atoms. The van der Waals surface area contributed by atoms with E-state index in [1.807, 2.05) is 11.8 Å². The second-order valence-electron chi connectivity index (χ2n) is 4.90. The van der Waals surface area contributed by atoms with Gasteiger partial charge in [-0.1, -0.05) is 18.3 Å². The van der Waals surface area contributed by atoms with E-state index >= 15 is 0 Å². The first kappa shape index (κ1) is 12.5. The quantitative estimate of drug-likeness (QED) is 0.857. The second-order valence-corrected chi connectivity index (χ2v) is 5.89. The van der Waals surface area contributed by atoms with E-state index in [1.165, 1.54) is 0 Å². The lowest BCUT2D eigenvalue weighted by molar-refractivity contribution is -0.132. The molecule has 0 radical (unpaired) electrons. The first-order chi connectivity index (χ1) is 9.28. The van der Waals surface area contributed by atoms with Crippen LogP contribution < -0.4 is 0 Å². The van der Waals surface area contributed by atoms with E-state index in [4.69, 9.17) is 0 Å². The van der Waals surface area contributed by atoms with Crippen LogP contribution in [0.2, 0.25) is 0 Å². The summed E-state index contributed by atoms with van der Waals surface area (Å²) < 4.78 is 1.73. The minimum atomic E-state index is 0.291. The molecule has 19 heavy (non-hydrogen) atoms. The van der Waals surface area contributed by atoms with Gasteiger partial charge in [-0.15, -0.1) is 10.2 Å². The maximum Gasteiger partial charge on any atom is 0.234 e. The number of piperidine rings is 1. The number of hydrogen-bond acceptors (Lipinski definition) is 5. The largest absolute Gasteiger partial charge is 0.343 e. The highest BCUT2D eigenvalue weighted by atomic mass is 32.1. The van der Waals surface area contributed by atoms with Gasteiger partial charge in [-0.3, -0.25) is 4.79 Å². The van der Waals surface area contributed by atoms with Gasteiger partial charge in [0, 0.05) is 25.4 Å². The molecule has 2 aromatic rings. The molecule has 2 aromatic heterocycles. The zero-order chi connectivity index (χ0) is 13.2. The molecule has 1 saturated heterocycles.